The van der Waals surface area contributed by atoms with Gasteiger partial charge in [-0.15, -0.1) is 0 Å². The van der Waals surface area contributed by atoms with Crippen LogP contribution < -0.4 is 10.6 Å². The first-order chi connectivity index (χ1) is 14.6. The van der Waals surface area contributed by atoms with Gasteiger partial charge in [0, 0.05) is 37.8 Å². The molecule has 0 radical (unpaired) electrons. The third kappa shape index (κ3) is 5.92. The molecule has 31 heavy (non-hydrogen) atoms. The molecule has 2 aromatic rings. The van der Waals surface area contributed by atoms with Gasteiger partial charge >= 0.3 is 0 Å². The van der Waals surface area contributed by atoms with Crippen LogP contribution in [0.25, 0.3) is 0 Å². The van der Waals surface area contributed by atoms with Crippen molar-refractivity contribution in [3.8, 4) is 0 Å². The molecule has 2 unspecified atom stereocenters. The average Bonchev–Trinajstić information content (AvgIpc) is 2.71. The minimum Gasteiger partial charge on any atom is -0.348 e. The lowest BCUT2D eigenvalue weighted by Gasteiger charge is -2.34. The first-order valence-corrected chi connectivity index (χ1v) is 11.8. The Hall–Kier alpha value is -2.71. The second kappa shape index (κ2) is 9.62. The molecule has 2 N–H and O–H groups in total. The fourth-order valence-corrected chi connectivity index (χ4v) is 5.66. The lowest BCUT2D eigenvalue weighted by Crippen LogP contribution is -2.42. The molecule has 1 aliphatic rings. The van der Waals surface area contributed by atoms with E-state index in [2.05, 4.69) is 24.5 Å². The minimum absolute atomic E-state index is 0.162. The fraction of sp³-hybridized carbons (Fsp3) is 0.391. The number of hydrogen-bond acceptors (Lipinski definition) is 4. The normalized spacial score (nSPS) is 19.6. The van der Waals surface area contributed by atoms with Crippen molar-refractivity contribution in [3.05, 3.63) is 59.7 Å². The first-order valence-electron chi connectivity index (χ1n) is 10.4. The van der Waals surface area contributed by atoms with Crippen molar-refractivity contribution in [3.63, 3.8) is 0 Å². The Morgan fingerprint density at radius 3 is 2.29 bits per heavy atom. The maximum atomic E-state index is 13.0. The second-order valence-corrected chi connectivity index (χ2v) is 10.3. The molecule has 8 heteroatoms. The van der Waals surface area contributed by atoms with Crippen molar-refractivity contribution in [2.75, 3.05) is 18.4 Å². The number of carbonyl (C=O) groups is 2. The summed E-state index contributed by atoms with van der Waals surface area (Å²) in [5, 5.41) is 5.52. The molecule has 1 aliphatic heterocycles. The Kier molecular flexibility index (Phi) is 7.12. The Morgan fingerprint density at radius 2 is 1.68 bits per heavy atom. The van der Waals surface area contributed by atoms with Crippen LogP contribution >= 0.6 is 0 Å². The van der Waals surface area contributed by atoms with E-state index in [1.165, 1.54) is 31.2 Å². The van der Waals surface area contributed by atoms with E-state index in [1.807, 2.05) is 6.07 Å². The summed E-state index contributed by atoms with van der Waals surface area (Å²) < 4.78 is 27.5. The molecule has 0 aromatic heterocycles. The lowest BCUT2D eigenvalue weighted by atomic mass is 9.94. The molecule has 3 rings (SSSR count). The zero-order chi connectivity index (χ0) is 22.6. The average molecular weight is 444 g/mol. The van der Waals surface area contributed by atoms with E-state index in [0.717, 1.165) is 12.0 Å². The van der Waals surface area contributed by atoms with Crippen molar-refractivity contribution in [1.29, 1.82) is 0 Å². The molecule has 0 saturated carbocycles. The number of nitrogens with one attached hydrogen (secondary N) is 2. The van der Waals surface area contributed by atoms with Gasteiger partial charge in [0.2, 0.25) is 15.9 Å². The molecule has 1 fully saturated rings. The van der Waals surface area contributed by atoms with Gasteiger partial charge in [-0.05, 0) is 60.2 Å². The summed E-state index contributed by atoms with van der Waals surface area (Å²) >= 11 is 0. The van der Waals surface area contributed by atoms with Crippen LogP contribution in [0.3, 0.4) is 0 Å². The Labute approximate surface area is 183 Å². The topological polar surface area (TPSA) is 95.6 Å². The van der Waals surface area contributed by atoms with Crippen LogP contribution in [0.4, 0.5) is 5.69 Å². The first kappa shape index (κ1) is 23.0. The summed E-state index contributed by atoms with van der Waals surface area (Å²) in [7, 11) is -3.57. The predicted molar refractivity (Wildman–Crippen MR) is 120 cm³/mol. The molecule has 1 saturated heterocycles. The fourth-order valence-electron chi connectivity index (χ4n) is 3.98. The van der Waals surface area contributed by atoms with E-state index in [-0.39, 0.29) is 23.3 Å². The molecular formula is C23H29N3O4S. The highest BCUT2D eigenvalue weighted by Crippen LogP contribution is 2.26. The number of benzene rings is 2. The van der Waals surface area contributed by atoms with Gasteiger partial charge in [0.25, 0.3) is 5.91 Å². The van der Waals surface area contributed by atoms with Crippen molar-refractivity contribution < 1.29 is 18.0 Å². The quantitative estimate of drug-likeness (QED) is 0.716. The molecule has 0 spiro atoms. The number of anilines is 1. The number of rotatable bonds is 6. The van der Waals surface area contributed by atoms with E-state index in [9.17, 15) is 18.0 Å². The van der Waals surface area contributed by atoms with Gasteiger partial charge in [-0.1, -0.05) is 26.0 Å². The van der Waals surface area contributed by atoms with Gasteiger partial charge in [-0.25, -0.2) is 8.42 Å². The number of amides is 2. The zero-order valence-electron chi connectivity index (χ0n) is 18.1. The van der Waals surface area contributed by atoms with E-state index in [4.69, 9.17) is 0 Å². The van der Waals surface area contributed by atoms with Crippen LogP contribution in [0.2, 0.25) is 0 Å². The Bertz CT molecular complexity index is 1040. The highest BCUT2D eigenvalue weighted by molar-refractivity contribution is 7.89. The summed E-state index contributed by atoms with van der Waals surface area (Å²) in [5.74, 6) is 0.194. The maximum absolute atomic E-state index is 13.0. The van der Waals surface area contributed by atoms with Crippen LogP contribution in [-0.2, 0) is 21.4 Å². The van der Waals surface area contributed by atoms with Crippen LogP contribution in [0.1, 0.15) is 43.1 Å². The summed E-state index contributed by atoms with van der Waals surface area (Å²) in [4.78, 5) is 23.9. The van der Waals surface area contributed by atoms with Crippen molar-refractivity contribution in [2.45, 2.75) is 38.6 Å². The van der Waals surface area contributed by atoms with Crippen molar-refractivity contribution in [2.24, 2.45) is 11.8 Å². The molecular weight excluding hydrogens is 414 g/mol. The molecule has 0 aliphatic carbocycles. The standard InChI is InChI=1S/C23H29N3O4S/c1-16-11-17(2)15-26(14-16)31(29,30)22-9-7-20(8-10-22)23(28)24-13-19-5-4-6-21(12-19)25-18(3)27/h4-10,12,16-17H,11,13-15H2,1-3H3,(H,24,28)(H,25,27). The van der Waals surface area contributed by atoms with Gasteiger partial charge in [0.05, 0.1) is 4.90 Å². The van der Waals surface area contributed by atoms with E-state index < -0.39 is 10.0 Å². The Morgan fingerprint density at radius 1 is 1.03 bits per heavy atom. The lowest BCUT2D eigenvalue weighted by molar-refractivity contribution is -0.114. The predicted octanol–water partition coefficient (Wildman–Crippen LogP) is 3.24. The zero-order valence-corrected chi connectivity index (χ0v) is 18.9. The van der Waals surface area contributed by atoms with Crippen LogP contribution in [0.15, 0.2) is 53.4 Å². The summed E-state index contributed by atoms with van der Waals surface area (Å²) in [6, 6.07) is 13.3. The summed E-state index contributed by atoms with van der Waals surface area (Å²) in [5.41, 5.74) is 1.89. The second-order valence-electron chi connectivity index (χ2n) is 8.36. The molecule has 166 valence electrons. The van der Waals surface area contributed by atoms with Crippen LogP contribution in [0, 0.1) is 11.8 Å². The monoisotopic (exact) mass is 443 g/mol. The van der Waals surface area contributed by atoms with Gasteiger partial charge in [-0.2, -0.15) is 4.31 Å². The summed E-state index contributed by atoms with van der Waals surface area (Å²) in [6.07, 6.45) is 1.03. The highest BCUT2D eigenvalue weighted by Gasteiger charge is 2.31. The van der Waals surface area contributed by atoms with Crippen LogP contribution in [0.5, 0.6) is 0 Å². The smallest absolute Gasteiger partial charge is 0.251 e. The SMILES string of the molecule is CC(=O)Nc1cccc(CNC(=O)c2ccc(S(=O)(=O)N3CC(C)CC(C)C3)cc2)c1. The molecule has 2 aromatic carbocycles. The molecule has 7 nitrogen and oxygen atoms in total. The molecule has 1 heterocycles. The molecule has 2 atom stereocenters. The van der Waals surface area contributed by atoms with Gasteiger partial charge < -0.3 is 10.6 Å². The summed E-state index contributed by atoms with van der Waals surface area (Å²) in [6.45, 7) is 6.90. The number of carbonyl (C=O) groups excluding carboxylic acids is 2. The number of nitrogens with zero attached hydrogens (tertiary/aromatic N) is 1. The van der Waals surface area contributed by atoms with E-state index in [0.29, 0.717) is 36.2 Å². The largest absolute Gasteiger partial charge is 0.348 e. The van der Waals surface area contributed by atoms with E-state index >= 15 is 0 Å². The maximum Gasteiger partial charge on any atom is 0.251 e. The van der Waals surface area contributed by atoms with Crippen molar-refractivity contribution >= 4 is 27.5 Å². The minimum atomic E-state index is -3.57. The van der Waals surface area contributed by atoms with E-state index in [1.54, 1.807) is 22.5 Å². The number of piperidine rings is 1. The third-order valence-electron chi connectivity index (χ3n) is 5.29. The molecule has 2 amide bonds. The highest BCUT2D eigenvalue weighted by atomic mass is 32.2. The Balaban J connectivity index is 1.64. The third-order valence-corrected chi connectivity index (χ3v) is 7.14. The number of sulfonamides is 1. The van der Waals surface area contributed by atoms with Gasteiger partial charge in [0.15, 0.2) is 0 Å². The van der Waals surface area contributed by atoms with Crippen LogP contribution in [-0.4, -0.2) is 37.6 Å². The van der Waals surface area contributed by atoms with Gasteiger partial charge in [0.1, 0.15) is 0 Å². The number of hydrogen-bond donors (Lipinski definition) is 2. The van der Waals surface area contributed by atoms with Gasteiger partial charge in [-0.3, -0.25) is 9.59 Å². The van der Waals surface area contributed by atoms with Crippen molar-refractivity contribution in [1.82, 2.24) is 9.62 Å². The molecule has 0 bridgehead atoms.